The molecule has 0 fully saturated rings. The molecule has 0 spiro atoms. The lowest BCUT2D eigenvalue weighted by atomic mass is 10.0. The quantitative estimate of drug-likeness (QED) is 0.882. The highest BCUT2D eigenvalue weighted by Crippen LogP contribution is 2.32. The van der Waals surface area contributed by atoms with E-state index in [0.717, 1.165) is 6.07 Å². The van der Waals surface area contributed by atoms with Gasteiger partial charge >= 0.3 is 12.1 Å². The molecule has 0 amide bonds. The Labute approximate surface area is 119 Å². The number of aromatic amines is 1. The van der Waals surface area contributed by atoms with Crippen LogP contribution in [0.5, 0.6) is 0 Å². The summed E-state index contributed by atoms with van der Waals surface area (Å²) in [6, 6.07) is 5.26. The highest BCUT2D eigenvalue weighted by atomic mass is 19.4. The molecule has 2 aromatic rings. The van der Waals surface area contributed by atoms with E-state index in [2.05, 4.69) is 9.97 Å². The van der Waals surface area contributed by atoms with Crippen LogP contribution in [0.15, 0.2) is 30.5 Å². The maximum atomic E-state index is 12.9. The Hall–Kier alpha value is -2.31. The SMILES string of the molecule is CCOC(=O)c1cnc(Cc2ccccc2C(F)(F)F)[nH]1. The molecule has 7 heteroatoms. The van der Waals surface area contributed by atoms with E-state index in [4.69, 9.17) is 4.74 Å². The number of rotatable bonds is 4. The van der Waals surface area contributed by atoms with Gasteiger partial charge in [-0.1, -0.05) is 18.2 Å². The zero-order valence-electron chi connectivity index (χ0n) is 11.2. The number of nitrogens with one attached hydrogen (secondary N) is 1. The van der Waals surface area contributed by atoms with Crippen LogP contribution in [-0.2, 0) is 17.3 Å². The fourth-order valence-corrected chi connectivity index (χ4v) is 1.90. The monoisotopic (exact) mass is 298 g/mol. The van der Waals surface area contributed by atoms with Gasteiger partial charge in [0.05, 0.1) is 18.4 Å². The number of carbonyl (C=O) groups excluding carboxylic acids is 1. The van der Waals surface area contributed by atoms with E-state index in [9.17, 15) is 18.0 Å². The molecule has 1 N–H and O–H groups in total. The van der Waals surface area contributed by atoms with Crippen LogP contribution in [0.4, 0.5) is 13.2 Å². The first kappa shape index (κ1) is 15.1. The molecule has 4 nitrogen and oxygen atoms in total. The van der Waals surface area contributed by atoms with Gasteiger partial charge in [0.1, 0.15) is 11.5 Å². The highest BCUT2D eigenvalue weighted by molar-refractivity contribution is 5.86. The van der Waals surface area contributed by atoms with Gasteiger partial charge in [-0.2, -0.15) is 13.2 Å². The number of hydrogen-bond acceptors (Lipinski definition) is 3. The molecule has 1 heterocycles. The number of esters is 1. The molecule has 0 aliphatic rings. The number of halogens is 3. The molecule has 0 radical (unpaired) electrons. The van der Waals surface area contributed by atoms with Crippen molar-refractivity contribution in [2.45, 2.75) is 19.5 Å². The first-order valence-electron chi connectivity index (χ1n) is 6.28. The normalized spacial score (nSPS) is 11.4. The number of benzene rings is 1. The van der Waals surface area contributed by atoms with Crippen molar-refractivity contribution in [1.82, 2.24) is 9.97 Å². The van der Waals surface area contributed by atoms with Crippen LogP contribution in [0.1, 0.15) is 34.4 Å². The number of alkyl halides is 3. The summed E-state index contributed by atoms with van der Waals surface area (Å²) in [5.74, 6) is -0.310. The third kappa shape index (κ3) is 3.62. The number of H-pyrrole nitrogens is 1. The van der Waals surface area contributed by atoms with E-state index in [1.165, 1.54) is 24.4 Å². The Morgan fingerprint density at radius 3 is 2.71 bits per heavy atom. The van der Waals surface area contributed by atoms with Crippen molar-refractivity contribution in [3.05, 3.63) is 53.1 Å². The predicted octanol–water partition coefficient (Wildman–Crippen LogP) is 3.20. The summed E-state index contributed by atoms with van der Waals surface area (Å²) >= 11 is 0. The van der Waals surface area contributed by atoms with Crippen molar-refractivity contribution in [2.75, 3.05) is 6.61 Å². The van der Waals surface area contributed by atoms with Gasteiger partial charge in [-0.15, -0.1) is 0 Å². The number of imidazole rings is 1. The molecule has 112 valence electrons. The second kappa shape index (κ2) is 5.99. The molecule has 0 aliphatic carbocycles. The van der Waals surface area contributed by atoms with Crippen LogP contribution in [0.3, 0.4) is 0 Å². The summed E-state index contributed by atoms with van der Waals surface area (Å²) in [6.07, 6.45) is -3.22. The number of hydrogen-bond donors (Lipinski definition) is 1. The minimum Gasteiger partial charge on any atom is -0.461 e. The van der Waals surface area contributed by atoms with Gasteiger partial charge in [0.15, 0.2) is 0 Å². The van der Waals surface area contributed by atoms with Crippen molar-refractivity contribution in [1.29, 1.82) is 0 Å². The molecule has 0 unspecified atom stereocenters. The summed E-state index contributed by atoms with van der Waals surface area (Å²) in [5, 5.41) is 0. The lowest BCUT2D eigenvalue weighted by molar-refractivity contribution is -0.138. The summed E-state index contributed by atoms with van der Waals surface area (Å²) in [5.41, 5.74) is -0.495. The molecule has 21 heavy (non-hydrogen) atoms. The Kier molecular flexibility index (Phi) is 4.30. The standard InChI is InChI=1S/C14H13F3N2O2/c1-2-21-13(20)11-8-18-12(19-11)7-9-5-3-4-6-10(9)14(15,16)17/h3-6,8H,2,7H2,1H3,(H,18,19). The third-order valence-electron chi connectivity index (χ3n) is 2.80. The van der Waals surface area contributed by atoms with Crippen LogP contribution in [-0.4, -0.2) is 22.5 Å². The summed E-state index contributed by atoms with van der Waals surface area (Å²) in [4.78, 5) is 18.0. The van der Waals surface area contributed by atoms with Crippen molar-refractivity contribution >= 4 is 5.97 Å². The maximum absolute atomic E-state index is 12.9. The predicted molar refractivity (Wildman–Crippen MR) is 68.8 cm³/mol. The lowest BCUT2D eigenvalue weighted by Crippen LogP contribution is -2.10. The van der Waals surface area contributed by atoms with E-state index in [0.29, 0.717) is 0 Å². The highest BCUT2D eigenvalue weighted by Gasteiger charge is 2.33. The summed E-state index contributed by atoms with van der Waals surface area (Å²) in [6.45, 7) is 1.87. The number of nitrogens with zero attached hydrogens (tertiary/aromatic N) is 1. The van der Waals surface area contributed by atoms with E-state index < -0.39 is 17.7 Å². The van der Waals surface area contributed by atoms with Gasteiger partial charge in [-0.05, 0) is 18.6 Å². The van der Waals surface area contributed by atoms with Gasteiger partial charge in [0, 0.05) is 6.42 Å². The largest absolute Gasteiger partial charge is 0.461 e. The van der Waals surface area contributed by atoms with Gasteiger partial charge < -0.3 is 9.72 Å². The first-order chi connectivity index (χ1) is 9.91. The Morgan fingerprint density at radius 1 is 1.33 bits per heavy atom. The molecule has 0 saturated heterocycles. The van der Waals surface area contributed by atoms with Gasteiger partial charge in [-0.25, -0.2) is 9.78 Å². The Morgan fingerprint density at radius 2 is 2.05 bits per heavy atom. The lowest BCUT2D eigenvalue weighted by Gasteiger charge is -2.11. The van der Waals surface area contributed by atoms with Crippen molar-refractivity contribution in [3.63, 3.8) is 0 Å². The van der Waals surface area contributed by atoms with Crippen LogP contribution in [0.25, 0.3) is 0 Å². The zero-order valence-corrected chi connectivity index (χ0v) is 11.2. The molecule has 2 rings (SSSR count). The van der Waals surface area contributed by atoms with Crippen LogP contribution >= 0.6 is 0 Å². The zero-order chi connectivity index (χ0) is 15.5. The van der Waals surface area contributed by atoms with E-state index in [1.807, 2.05) is 0 Å². The van der Waals surface area contributed by atoms with Crippen LogP contribution in [0, 0.1) is 0 Å². The minimum absolute atomic E-state index is 0.0465. The number of carbonyl (C=O) groups is 1. The maximum Gasteiger partial charge on any atom is 0.416 e. The fourth-order valence-electron chi connectivity index (χ4n) is 1.90. The van der Waals surface area contributed by atoms with Gasteiger partial charge in [-0.3, -0.25) is 0 Å². The van der Waals surface area contributed by atoms with Crippen LogP contribution < -0.4 is 0 Å². The molecule has 0 saturated carbocycles. The third-order valence-corrected chi connectivity index (χ3v) is 2.80. The van der Waals surface area contributed by atoms with Gasteiger partial charge in [0.25, 0.3) is 0 Å². The summed E-state index contributed by atoms with van der Waals surface area (Å²) in [7, 11) is 0. The number of ether oxygens (including phenoxy) is 1. The molecule has 0 atom stereocenters. The van der Waals surface area contributed by atoms with Gasteiger partial charge in [0.2, 0.25) is 0 Å². The smallest absolute Gasteiger partial charge is 0.416 e. The molecular formula is C14H13F3N2O2. The topological polar surface area (TPSA) is 55.0 Å². The average molecular weight is 298 g/mol. The molecule has 1 aromatic carbocycles. The van der Waals surface area contributed by atoms with Crippen molar-refractivity contribution in [3.8, 4) is 0 Å². The van der Waals surface area contributed by atoms with E-state index in [1.54, 1.807) is 6.92 Å². The second-order valence-electron chi connectivity index (χ2n) is 4.30. The fraction of sp³-hybridized carbons (Fsp3) is 0.286. The van der Waals surface area contributed by atoms with Crippen LogP contribution in [0.2, 0.25) is 0 Å². The van der Waals surface area contributed by atoms with Crippen molar-refractivity contribution < 1.29 is 22.7 Å². The number of aromatic nitrogens is 2. The summed E-state index contributed by atoms with van der Waals surface area (Å²) < 4.78 is 43.4. The second-order valence-corrected chi connectivity index (χ2v) is 4.30. The molecule has 0 bridgehead atoms. The first-order valence-corrected chi connectivity index (χ1v) is 6.28. The molecule has 0 aliphatic heterocycles. The van der Waals surface area contributed by atoms with E-state index >= 15 is 0 Å². The minimum atomic E-state index is -4.42. The molecule has 1 aromatic heterocycles. The Bertz CT molecular complexity index is 635. The Balaban J connectivity index is 2.22. The average Bonchev–Trinajstić information content (AvgIpc) is 2.87. The molecular weight excluding hydrogens is 285 g/mol. The van der Waals surface area contributed by atoms with E-state index in [-0.39, 0.29) is 30.1 Å². The van der Waals surface area contributed by atoms with Crippen molar-refractivity contribution in [2.24, 2.45) is 0 Å².